The minimum absolute atomic E-state index is 0.133. The maximum absolute atomic E-state index is 12.4. The van der Waals surface area contributed by atoms with Gasteiger partial charge in [-0.15, -0.1) is 0 Å². The van der Waals surface area contributed by atoms with Crippen molar-refractivity contribution in [2.75, 3.05) is 20.7 Å². The molecular weight excluding hydrogens is 337 g/mol. The van der Waals surface area contributed by atoms with Crippen LogP contribution in [-0.4, -0.2) is 39.4 Å². The van der Waals surface area contributed by atoms with Crippen LogP contribution in [-0.2, 0) is 6.54 Å². The van der Waals surface area contributed by atoms with Crippen LogP contribution >= 0.6 is 0 Å². The number of hydrogen-bond donors (Lipinski definition) is 2. The maximum Gasteiger partial charge on any atom is 0.390 e. The van der Waals surface area contributed by atoms with Gasteiger partial charge in [-0.2, -0.15) is 22.0 Å². The minimum atomic E-state index is -4.26. The van der Waals surface area contributed by atoms with Crippen LogP contribution in [0.15, 0.2) is 23.2 Å². The fraction of sp³-hybridized carbons (Fsp3) is 0.500. The van der Waals surface area contributed by atoms with Crippen molar-refractivity contribution in [2.24, 2.45) is 4.99 Å². The molecule has 1 aromatic carbocycles. The van der Waals surface area contributed by atoms with Gasteiger partial charge >= 0.3 is 12.8 Å². The lowest BCUT2D eigenvalue weighted by Gasteiger charge is -2.14. The van der Waals surface area contributed by atoms with E-state index in [0.717, 1.165) is 0 Å². The molecule has 0 heterocycles. The highest BCUT2D eigenvalue weighted by Crippen LogP contribution is 2.29. The fourth-order valence-corrected chi connectivity index (χ4v) is 1.75. The average molecular weight is 355 g/mol. The Hall–Kier alpha value is -2.26. The van der Waals surface area contributed by atoms with Crippen LogP contribution in [0.2, 0.25) is 0 Å². The molecule has 0 unspecified atom stereocenters. The molecule has 2 N–H and O–H groups in total. The van der Waals surface area contributed by atoms with E-state index in [1.807, 2.05) is 0 Å². The number of alkyl halides is 5. The van der Waals surface area contributed by atoms with E-state index in [4.69, 9.17) is 4.74 Å². The number of nitrogens with zero attached hydrogens (tertiary/aromatic N) is 1. The lowest BCUT2D eigenvalue weighted by molar-refractivity contribution is -0.132. The summed E-state index contributed by atoms with van der Waals surface area (Å²) in [5.41, 5.74) is 0.560. The third-order valence-electron chi connectivity index (χ3n) is 2.83. The Bertz CT molecular complexity index is 550. The van der Waals surface area contributed by atoms with Crippen LogP contribution in [0.25, 0.3) is 0 Å². The van der Waals surface area contributed by atoms with Gasteiger partial charge in [0.05, 0.1) is 13.5 Å². The standard InChI is InChI=1S/C14H18F5N3O2/c1-20-13(21-6-5-14(17,18)19)22-8-9-3-4-10(23-2)11(7-9)24-12(15)16/h3-4,7,12H,5-6,8H2,1-2H3,(H2,20,21,22). The molecule has 10 heteroatoms. The molecule has 1 aromatic rings. The second kappa shape index (κ2) is 9.14. The van der Waals surface area contributed by atoms with Crippen molar-refractivity contribution >= 4 is 5.96 Å². The van der Waals surface area contributed by atoms with Crippen LogP contribution in [0.1, 0.15) is 12.0 Å². The summed E-state index contributed by atoms with van der Waals surface area (Å²) in [5.74, 6) is 0.171. The van der Waals surface area contributed by atoms with Gasteiger partial charge in [-0.25, -0.2) is 0 Å². The van der Waals surface area contributed by atoms with Gasteiger partial charge in [0.25, 0.3) is 0 Å². The van der Waals surface area contributed by atoms with Gasteiger partial charge in [-0.05, 0) is 17.7 Å². The Labute approximate surface area is 135 Å². The number of ether oxygens (including phenoxy) is 2. The Kier molecular flexibility index (Phi) is 7.53. The lowest BCUT2D eigenvalue weighted by Crippen LogP contribution is -2.38. The minimum Gasteiger partial charge on any atom is -0.493 e. The van der Waals surface area contributed by atoms with Gasteiger partial charge < -0.3 is 20.1 Å². The molecule has 0 saturated carbocycles. The molecule has 136 valence electrons. The molecule has 0 bridgehead atoms. The lowest BCUT2D eigenvalue weighted by atomic mass is 10.2. The van der Waals surface area contributed by atoms with Crippen LogP contribution < -0.4 is 20.1 Å². The first-order valence-corrected chi connectivity index (χ1v) is 6.88. The van der Waals surface area contributed by atoms with Crippen molar-refractivity contribution in [2.45, 2.75) is 25.8 Å². The molecule has 0 fully saturated rings. The van der Waals surface area contributed by atoms with Gasteiger partial charge in [-0.3, -0.25) is 4.99 Å². The van der Waals surface area contributed by atoms with Crippen molar-refractivity contribution in [3.63, 3.8) is 0 Å². The predicted octanol–water partition coefficient (Wildman–Crippen LogP) is 2.91. The van der Waals surface area contributed by atoms with Crippen LogP contribution in [0.4, 0.5) is 22.0 Å². The first-order valence-electron chi connectivity index (χ1n) is 6.88. The molecular formula is C14H18F5N3O2. The number of nitrogens with one attached hydrogen (secondary N) is 2. The van der Waals surface area contributed by atoms with Crippen LogP contribution in [0.5, 0.6) is 11.5 Å². The molecule has 1 rings (SSSR count). The molecule has 24 heavy (non-hydrogen) atoms. The number of aliphatic imine (C=N–C) groups is 1. The average Bonchev–Trinajstić information content (AvgIpc) is 2.49. The number of rotatable bonds is 7. The van der Waals surface area contributed by atoms with Crippen molar-refractivity contribution in [3.05, 3.63) is 23.8 Å². The van der Waals surface area contributed by atoms with E-state index in [1.54, 1.807) is 6.07 Å². The van der Waals surface area contributed by atoms with Crippen LogP contribution in [0, 0.1) is 0 Å². The zero-order valence-corrected chi connectivity index (χ0v) is 13.1. The van der Waals surface area contributed by atoms with Crippen molar-refractivity contribution in [3.8, 4) is 11.5 Å². The Morgan fingerprint density at radius 1 is 1.21 bits per heavy atom. The van der Waals surface area contributed by atoms with E-state index in [0.29, 0.717) is 5.56 Å². The zero-order chi connectivity index (χ0) is 18.2. The van der Waals surface area contributed by atoms with Gasteiger partial charge in [0.1, 0.15) is 0 Å². The summed E-state index contributed by atoms with van der Waals surface area (Å²) in [6.45, 7) is -3.18. The molecule has 0 saturated heterocycles. The number of benzene rings is 1. The second-order valence-corrected chi connectivity index (χ2v) is 4.58. The molecule has 0 aliphatic rings. The summed E-state index contributed by atoms with van der Waals surface area (Å²) in [5, 5.41) is 5.29. The summed E-state index contributed by atoms with van der Waals surface area (Å²) in [7, 11) is 2.72. The van der Waals surface area contributed by atoms with Gasteiger partial charge in [0, 0.05) is 20.1 Å². The molecule has 0 radical (unpaired) electrons. The number of halogens is 5. The highest BCUT2D eigenvalue weighted by Gasteiger charge is 2.26. The van der Waals surface area contributed by atoms with Gasteiger partial charge in [0.2, 0.25) is 0 Å². The molecule has 0 aromatic heterocycles. The topological polar surface area (TPSA) is 54.9 Å². The summed E-state index contributed by atoms with van der Waals surface area (Å²) >= 11 is 0. The SMILES string of the molecule is CN=C(NCCC(F)(F)F)NCc1ccc(OC)c(OC(F)F)c1. The smallest absolute Gasteiger partial charge is 0.390 e. The summed E-state index contributed by atoms with van der Waals surface area (Å²) in [6, 6.07) is 4.41. The Balaban J connectivity index is 2.62. The summed E-state index contributed by atoms with van der Waals surface area (Å²) in [6.07, 6.45) is -5.26. The third-order valence-corrected chi connectivity index (χ3v) is 2.83. The van der Waals surface area contributed by atoms with Gasteiger partial charge in [-0.1, -0.05) is 6.07 Å². The van der Waals surface area contributed by atoms with E-state index in [2.05, 4.69) is 20.4 Å². The largest absolute Gasteiger partial charge is 0.493 e. The van der Waals surface area contributed by atoms with Crippen LogP contribution in [0.3, 0.4) is 0 Å². The molecule has 0 atom stereocenters. The van der Waals surface area contributed by atoms with Gasteiger partial charge in [0.15, 0.2) is 17.5 Å². The van der Waals surface area contributed by atoms with Crippen molar-refractivity contribution in [1.29, 1.82) is 0 Å². The first-order chi connectivity index (χ1) is 11.2. The number of hydrogen-bond acceptors (Lipinski definition) is 3. The second-order valence-electron chi connectivity index (χ2n) is 4.58. The quantitative estimate of drug-likeness (QED) is 0.449. The van der Waals surface area contributed by atoms with E-state index < -0.39 is 19.2 Å². The van der Waals surface area contributed by atoms with Crippen molar-refractivity contribution in [1.82, 2.24) is 10.6 Å². The summed E-state index contributed by atoms with van der Waals surface area (Å²) < 4.78 is 70.3. The Morgan fingerprint density at radius 3 is 2.46 bits per heavy atom. The maximum atomic E-state index is 12.4. The summed E-state index contributed by atoms with van der Waals surface area (Å²) in [4.78, 5) is 3.78. The highest BCUT2D eigenvalue weighted by atomic mass is 19.4. The zero-order valence-electron chi connectivity index (χ0n) is 13.1. The molecule has 0 aliphatic carbocycles. The fourth-order valence-electron chi connectivity index (χ4n) is 1.75. The van der Waals surface area contributed by atoms with Crippen molar-refractivity contribution < 1.29 is 31.4 Å². The Morgan fingerprint density at radius 2 is 1.92 bits per heavy atom. The monoisotopic (exact) mass is 355 g/mol. The molecule has 5 nitrogen and oxygen atoms in total. The van der Waals surface area contributed by atoms with E-state index in [1.165, 1.54) is 26.3 Å². The first kappa shape index (κ1) is 19.8. The molecule has 0 aliphatic heterocycles. The highest BCUT2D eigenvalue weighted by molar-refractivity contribution is 5.79. The molecule has 0 amide bonds. The van der Waals surface area contributed by atoms with E-state index >= 15 is 0 Å². The third kappa shape index (κ3) is 7.34. The normalized spacial score (nSPS) is 12.2. The number of methoxy groups -OCH3 is 1. The van der Waals surface area contributed by atoms with E-state index in [-0.39, 0.29) is 30.5 Å². The number of guanidine groups is 1. The van der Waals surface area contributed by atoms with E-state index in [9.17, 15) is 22.0 Å². The predicted molar refractivity (Wildman–Crippen MR) is 78.5 cm³/mol. The molecule has 0 spiro atoms.